The van der Waals surface area contributed by atoms with Crippen molar-refractivity contribution in [3.8, 4) is 0 Å². The van der Waals surface area contributed by atoms with Crippen LogP contribution in [0.4, 0.5) is 10.1 Å². The summed E-state index contributed by atoms with van der Waals surface area (Å²) < 4.78 is 13.8. The highest BCUT2D eigenvalue weighted by Gasteiger charge is 2.28. The molecule has 1 aliphatic heterocycles. The quantitative estimate of drug-likeness (QED) is 0.507. The molecule has 7 heteroatoms. The second kappa shape index (κ2) is 5.13. The monoisotopic (exact) mass is 266 g/mol. The molecule has 1 N–H and O–H groups in total. The number of imide groups is 1. The lowest BCUT2D eigenvalue weighted by Gasteiger charge is -2.20. The zero-order valence-corrected chi connectivity index (χ0v) is 9.89. The number of amides is 2. The topological polar surface area (TPSA) is 89.3 Å². The predicted molar refractivity (Wildman–Crippen MR) is 62.6 cm³/mol. The molecule has 6 nitrogen and oxygen atoms in total. The number of rotatable bonds is 3. The number of nitro benzene ring substituents is 1. The number of hydrogen-bond acceptors (Lipinski definition) is 4. The Hall–Kier alpha value is -2.31. The Morgan fingerprint density at radius 1 is 1.42 bits per heavy atom. The number of nitrogens with one attached hydrogen (secondary N) is 1. The van der Waals surface area contributed by atoms with Crippen molar-refractivity contribution in [2.24, 2.45) is 5.92 Å². The lowest BCUT2D eigenvalue weighted by atomic mass is 9.91. The molecule has 2 amide bonds. The largest absolute Gasteiger partial charge is 0.305 e. The summed E-state index contributed by atoms with van der Waals surface area (Å²) in [5.41, 5.74) is -0.492. The minimum Gasteiger partial charge on any atom is -0.296 e. The number of carbonyl (C=O) groups is 2. The summed E-state index contributed by atoms with van der Waals surface area (Å²) in [4.78, 5) is 32.4. The number of nitro groups is 1. The van der Waals surface area contributed by atoms with Crippen molar-refractivity contribution in [1.29, 1.82) is 0 Å². The fraction of sp³-hybridized carbons (Fsp3) is 0.333. The molecule has 1 aromatic carbocycles. The average Bonchev–Trinajstić information content (AvgIpc) is 2.34. The summed E-state index contributed by atoms with van der Waals surface area (Å²) >= 11 is 0. The van der Waals surface area contributed by atoms with Gasteiger partial charge in [0.1, 0.15) is 0 Å². The van der Waals surface area contributed by atoms with E-state index >= 15 is 0 Å². The van der Waals surface area contributed by atoms with Gasteiger partial charge in [-0.3, -0.25) is 25.0 Å². The molecule has 0 aliphatic carbocycles. The van der Waals surface area contributed by atoms with Crippen molar-refractivity contribution in [3.05, 3.63) is 39.7 Å². The van der Waals surface area contributed by atoms with Gasteiger partial charge in [-0.15, -0.1) is 0 Å². The molecule has 1 heterocycles. The van der Waals surface area contributed by atoms with Gasteiger partial charge in [0.05, 0.1) is 4.92 Å². The highest BCUT2D eigenvalue weighted by molar-refractivity contribution is 5.98. The maximum absolute atomic E-state index is 13.8. The van der Waals surface area contributed by atoms with Crippen LogP contribution in [-0.4, -0.2) is 16.7 Å². The molecule has 19 heavy (non-hydrogen) atoms. The minimum atomic E-state index is -0.919. The van der Waals surface area contributed by atoms with Crippen molar-refractivity contribution in [2.75, 3.05) is 0 Å². The molecule has 0 bridgehead atoms. The van der Waals surface area contributed by atoms with Crippen LogP contribution >= 0.6 is 0 Å². The second-order valence-corrected chi connectivity index (χ2v) is 4.36. The van der Waals surface area contributed by atoms with Gasteiger partial charge in [0.15, 0.2) is 0 Å². The lowest BCUT2D eigenvalue weighted by molar-refractivity contribution is -0.387. The van der Waals surface area contributed by atoms with Crippen LogP contribution in [0, 0.1) is 21.8 Å². The molecule has 0 saturated carbocycles. The van der Waals surface area contributed by atoms with Crippen LogP contribution < -0.4 is 5.32 Å². The van der Waals surface area contributed by atoms with Gasteiger partial charge in [-0.2, -0.15) is 4.39 Å². The molecule has 0 radical (unpaired) electrons. The molecular weight excluding hydrogens is 255 g/mol. The zero-order valence-electron chi connectivity index (χ0n) is 9.89. The number of piperidine rings is 1. The van der Waals surface area contributed by atoms with Crippen LogP contribution in [0.1, 0.15) is 18.4 Å². The van der Waals surface area contributed by atoms with Crippen molar-refractivity contribution < 1.29 is 18.9 Å². The molecule has 1 aliphatic rings. The first-order valence-corrected chi connectivity index (χ1v) is 5.74. The molecule has 0 spiro atoms. The standard InChI is InChI=1S/C12H11FN2O4/c13-11-7(2-1-3-9(11)15(18)19)6-8-4-5-10(16)14-12(8)17/h1-3,8H,4-6H2,(H,14,16,17). The van der Waals surface area contributed by atoms with Gasteiger partial charge < -0.3 is 0 Å². The van der Waals surface area contributed by atoms with Gasteiger partial charge in [0.2, 0.25) is 17.6 Å². The highest BCUT2D eigenvalue weighted by atomic mass is 19.1. The third kappa shape index (κ3) is 2.75. The fourth-order valence-corrected chi connectivity index (χ4v) is 2.06. The smallest absolute Gasteiger partial charge is 0.296 e. The Morgan fingerprint density at radius 2 is 2.16 bits per heavy atom. The SMILES string of the molecule is O=C1CCC(Cc2cccc([N+](=O)[O-])c2F)C(=O)N1. The van der Waals surface area contributed by atoms with E-state index in [0.29, 0.717) is 6.42 Å². The summed E-state index contributed by atoms with van der Waals surface area (Å²) in [5.74, 6) is -2.26. The van der Waals surface area contributed by atoms with Crippen molar-refractivity contribution >= 4 is 17.5 Å². The van der Waals surface area contributed by atoms with E-state index in [1.165, 1.54) is 12.1 Å². The van der Waals surface area contributed by atoms with Crippen LogP contribution in [0.25, 0.3) is 0 Å². The molecule has 100 valence electrons. The second-order valence-electron chi connectivity index (χ2n) is 4.36. The lowest BCUT2D eigenvalue weighted by Crippen LogP contribution is -2.41. The molecule has 1 aromatic rings. The molecule has 2 rings (SSSR count). The Labute approximate surface area is 107 Å². The van der Waals surface area contributed by atoms with E-state index in [1.807, 2.05) is 0 Å². The Kier molecular flexibility index (Phi) is 3.55. The average molecular weight is 266 g/mol. The molecule has 1 unspecified atom stereocenters. The number of halogens is 1. The van der Waals surface area contributed by atoms with E-state index in [2.05, 4.69) is 5.32 Å². The van der Waals surface area contributed by atoms with Crippen LogP contribution in [0.2, 0.25) is 0 Å². The first-order valence-electron chi connectivity index (χ1n) is 5.74. The fourth-order valence-electron chi connectivity index (χ4n) is 2.06. The van der Waals surface area contributed by atoms with Gasteiger partial charge >= 0.3 is 5.69 Å². The third-order valence-corrected chi connectivity index (χ3v) is 3.07. The van der Waals surface area contributed by atoms with E-state index in [9.17, 15) is 24.1 Å². The molecule has 0 aromatic heterocycles. The molecule has 1 saturated heterocycles. The Bertz CT molecular complexity index is 559. The maximum Gasteiger partial charge on any atom is 0.305 e. The van der Waals surface area contributed by atoms with E-state index in [4.69, 9.17) is 0 Å². The van der Waals surface area contributed by atoms with Crippen LogP contribution in [0.3, 0.4) is 0 Å². The molecular formula is C12H11FN2O4. The first-order chi connectivity index (χ1) is 8.99. The Morgan fingerprint density at radius 3 is 2.79 bits per heavy atom. The van der Waals surface area contributed by atoms with Crippen molar-refractivity contribution in [2.45, 2.75) is 19.3 Å². The van der Waals surface area contributed by atoms with E-state index < -0.39 is 28.3 Å². The molecule has 1 atom stereocenters. The maximum atomic E-state index is 13.8. The van der Waals surface area contributed by atoms with E-state index in [1.54, 1.807) is 0 Å². The number of nitrogens with zero attached hydrogens (tertiary/aromatic N) is 1. The predicted octanol–water partition coefficient (Wildman–Crippen LogP) is 1.33. The van der Waals surface area contributed by atoms with Crippen LogP contribution in [-0.2, 0) is 16.0 Å². The van der Waals surface area contributed by atoms with Crippen LogP contribution in [0.5, 0.6) is 0 Å². The number of benzene rings is 1. The van der Waals surface area contributed by atoms with Crippen molar-refractivity contribution in [3.63, 3.8) is 0 Å². The summed E-state index contributed by atoms with van der Waals surface area (Å²) in [6.07, 6.45) is 0.576. The van der Waals surface area contributed by atoms with Crippen molar-refractivity contribution in [1.82, 2.24) is 5.32 Å². The number of carbonyl (C=O) groups excluding carboxylic acids is 2. The normalized spacial score (nSPS) is 19.1. The van der Waals surface area contributed by atoms with Gasteiger partial charge in [-0.25, -0.2) is 0 Å². The summed E-state index contributed by atoms with van der Waals surface area (Å²) in [7, 11) is 0. The summed E-state index contributed by atoms with van der Waals surface area (Å²) in [5, 5.41) is 12.8. The zero-order chi connectivity index (χ0) is 14.0. The van der Waals surface area contributed by atoms with Gasteiger partial charge in [-0.05, 0) is 18.4 Å². The van der Waals surface area contributed by atoms with Gasteiger partial charge in [-0.1, -0.05) is 12.1 Å². The third-order valence-electron chi connectivity index (χ3n) is 3.07. The highest BCUT2D eigenvalue weighted by Crippen LogP contribution is 2.25. The van der Waals surface area contributed by atoms with Crippen LogP contribution in [0.15, 0.2) is 18.2 Å². The molecule has 1 fully saturated rings. The minimum absolute atomic E-state index is 0.0482. The van der Waals surface area contributed by atoms with Gasteiger partial charge in [0, 0.05) is 18.4 Å². The first kappa shape index (κ1) is 13.1. The van der Waals surface area contributed by atoms with E-state index in [-0.39, 0.29) is 24.3 Å². The Balaban J connectivity index is 2.20. The summed E-state index contributed by atoms with van der Waals surface area (Å²) in [6, 6.07) is 3.86. The number of hydrogen-bond donors (Lipinski definition) is 1. The summed E-state index contributed by atoms with van der Waals surface area (Å²) in [6.45, 7) is 0. The van der Waals surface area contributed by atoms with Gasteiger partial charge in [0.25, 0.3) is 0 Å². The van der Waals surface area contributed by atoms with E-state index in [0.717, 1.165) is 6.07 Å².